The topological polar surface area (TPSA) is 550 Å². The summed E-state index contributed by atoms with van der Waals surface area (Å²) in [6.45, 7) is 10.0. The van der Waals surface area contributed by atoms with E-state index >= 15 is 0 Å². The van der Waals surface area contributed by atoms with Crippen molar-refractivity contribution in [1.29, 1.82) is 0 Å². The molecule has 0 saturated carbocycles. The van der Waals surface area contributed by atoms with Crippen LogP contribution in [-0.2, 0) is 83.2 Å². The van der Waals surface area contributed by atoms with Gasteiger partial charge in [0.2, 0.25) is 65.0 Å². The minimum atomic E-state index is -1.40. The molecule has 4 aromatic heterocycles. The highest BCUT2D eigenvalue weighted by Crippen LogP contribution is 2.20. The Morgan fingerprint density at radius 3 is 1.47 bits per heavy atom. The summed E-state index contributed by atoms with van der Waals surface area (Å²) in [5.74, 6) is -11.2. The Hall–Kier alpha value is -10.7. The van der Waals surface area contributed by atoms with Crippen LogP contribution in [0.3, 0.4) is 0 Å². The lowest BCUT2D eigenvalue weighted by molar-refractivity contribution is -0.142. The summed E-state index contributed by atoms with van der Waals surface area (Å²) in [5.41, 5.74) is 19.8. The number of nitrogens with one attached hydrogen (secondary N) is 15. The highest BCUT2D eigenvalue weighted by Gasteiger charge is 2.35. The summed E-state index contributed by atoms with van der Waals surface area (Å²) in [5, 5.41) is 38.7. The molecule has 5 rings (SSSR count). The van der Waals surface area contributed by atoms with Gasteiger partial charge in [-0.2, -0.15) is 0 Å². The smallest absolute Gasteiger partial charge is 0.325 e. The van der Waals surface area contributed by atoms with E-state index in [9.17, 15) is 62.6 Å². The molecule has 0 aliphatic carbocycles. The number of para-hydroxylation sites is 1. The molecule has 11 amide bonds. The van der Waals surface area contributed by atoms with Crippen molar-refractivity contribution in [1.82, 2.24) is 93.4 Å². The van der Waals surface area contributed by atoms with Gasteiger partial charge < -0.3 is 101 Å². The number of H-pyrrole nitrogens is 4. The number of carboxylic acids is 1. The van der Waals surface area contributed by atoms with Gasteiger partial charge in [0.15, 0.2) is 5.96 Å². The number of aromatic amines is 4. The van der Waals surface area contributed by atoms with Gasteiger partial charge in [-0.25, -0.2) is 15.0 Å². The number of nitrogens with two attached hydrogens (primary N) is 3. The van der Waals surface area contributed by atoms with E-state index in [4.69, 9.17) is 17.2 Å². The summed E-state index contributed by atoms with van der Waals surface area (Å²) >= 11 is 0. The molecule has 4 heterocycles. The second-order valence-corrected chi connectivity index (χ2v) is 24.4. The number of carboxylic acid groups (broad SMARTS) is 1. The number of rotatable bonds is 41. The van der Waals surface area contributed by atoms with Crippen LogP contribution in [0.25, 0.3) is 10.9 Å². The molecule has 1 aromatic carbocycles. The highest BCUT2D eigenvalue weighted by atomic mass is 16.4. The van der Waals surface area contributed by atoms with E-state index in [1.165, 1.54) is 44.5 Å². The Morgan fingerprint density at radius 1 is 0.515 bits per heavy atom. The minimum Gasteiger partial charge on any atom is -0.480 e. The predicted molar refractivity (Wildman–Crippen MR) is 353 cm³/mol. The molecule has 5 aromatic rings. The molecule has 22 N–H and O–H groups in total. The zero-order valence-electron chi connectivity index (χ0n) is 55.3. The maximum absolute atomic E-state index is 14.3. The number of nitrogens with zero attached hydrogens (tertiary/aromatic N) is 4. The van der Waals surface area contributed by atoms with Gasteiger partial charge in [-0.15, -0.1) is 0 Å². The number of imidazole rings is 3. The molecular formula is C62H92N22O13. The molecule has 35 heteroatoms. The van der Waals surface area contributed by atoms with Crippen LogP contribution in [0.15, 0.2) is 73.0 Å². The first-order valence-corrected chi connectivity index (χ1v) is 31.8. The molecule has 0 aliphatic rings. The highest BCUT2D eigenvalue weighted by molar-refractivity contribution is 5.98. The fourth-order valence-corrected chi connectivity index (χ4v) is 10.0. The van der Waals surface area contributed by atoms with Crippen molar-refractivity contribution >= 4 is 87.8 Å². The molecule has 0 aliphatic heterocycles. The van der Waals surface area contributed by atoms with Crippen molar-refractivity contribution in [3.05, 3.63) is 90.7 Å². The predicted octanol–water partition coefficient (Wildman–Crippen LogP) is -3.54. The number of hydrogen-bond donors (Lipinski definition) is 19. The normalized spacial score (nSPS) is 14.3. The third-order valence-electron chi connectivity index (χ3n) is 15.4. The standard InChI is InChI=1S/C62H92N22O13/c1-8-34(6)52(84-51(87)28-73-54(89)46(18-36-22-70-42-13-10-9-12-40(36)42)79-49(85)26-71-53(88)41(63)19-37-23-66-29-74-37)60(95)83-47(20-38-24-67-30-75-38)55(90)72-27-50(86)78-44(16-32(2)3)57(92)81-45(17-33(4)5)58(93)82-48(21-39-25-68-31-76-39)59(94)80-43(14-11-15-69-62(64)65)56(91)77-35(7)61(96)97/h9-10,12-13,22-25,29-35,41,43-48,52,70H,8,11,14-21,26-28,63H2,1-7H3,(H,66,74)(H,67,75)(H,68,76)(H,71,88)(H,72,90)(H,73,89)(H,77,91)(H,78,86)(H,79,85)(H,80,94)(H,81,92)(H,82,93)(H,83,95)(H,84,87)(H,96,97)(H4,64,65,69)/t34-,35-,41-,43-,44-,45-,46-,47-,48-,52-/m0/s1. The zero-order valence-corrected chi connectivity index (χ0v) is 55.3. The van der Waals surface area contributed by atoms with Crippen molar-refractivity contribution in [3.63, 3.8) is 0 Å². The number of amides is 11. The number of fused-ring (bicyclic) bond motifs is 1. The number of hydrogen-bond acceptors (Lipinski definition) is 17. The number of carbonyl (C=O) groups is 12. The second-order valence-electron chi connectivity index (χ2n) is 24.4. The summed E-state index contributed by atoms with van der Waals surface area (Å²) in [7, 11) is 0. The Bertz CT molecular complexity index is 3460. The van der Waals surface area contributed by atoms with Gasteiger partial charge in [0.25, 0.3) is 0 Å². The molecular weight excluding hydrogens is 1260 g/mol. The van der Waals surface area contributed by atoms with Gasteiger partial charge in [-0.3, -0.25) is 62.5 Å². The van der Waals surface area contributed by atoms with Crippen molar-refractivity contribution in [3.8, 4) is 0 Å². The van der Waals surface area contributed by atoms with Crippen molar-refractivity contribution < 1.29 is 62.6 Å². The van der Waals surface area contributed by atoms with E-state index in [1.54, 1.807) is 53.8 Å². The average Bonchev–Trinajstić information content (AvgIpc) is 1.74. The lowest BCUT2D eigenvalue weighted by Gasteiger charge is -2.28. The maximum atomic E-state index is 14.3. The van der Waals surface area contributed by atoms with Gasteiger partial charge in [0.05, 0.1) is 44.7 Å². The van der Waals surface area contributed by atoms with Crippen LogP contribution in [-0.4, -0.2) is 197 Å². The van der Waals surface area contributed by atoms with Gasteiger partial charge in [0, 0.05) is 85.0 Å². The van der Waals surface area contributed by atoms with Crippen LogP contribution in [0, 0.1) is 17.8 Å². The summed E-state index contributed by atoms with van der Waals surface area (Å²) in [6, 6.07) is -4.28. The fraction of sp³-hybridized carbons (Fsp3) is 0.516. The SMILES string of the molecule is CC[C@H](C)[C@H](NC(=O)CNC(=O)[C@H](Cc1c[nH]c2ccccc12)NC(=O)CNC(=O)[C@@H](N)Cc1cnc[nH]1)C(=O)N[C@@H](Cc1cnc[nH]1)C(=O)NCC(=O)N[C@@H](CC(C)C)C(=O)N[C@@H](CC(C)C)C(=O)N[C@@H](Cc1cnc[nH]1)C(=O)N[C@@H](CCCN=C(N)N)C(=O)N[C@@H](C)C(=O)O. The molecule has 0 unspecified atom stereocenters. The van der Waals surface area contributed by atoms with Gasteiger partial charge in [0.1, 0.15) is 48.3 Å². The largest absolute Gasteiger partial charge is 0.480 e. The molecule has 0 spiro atoms. The van der Waals surface area contributed by atoms with Crippen LogP contribution < -0.4 is 75.7 Å². The number of carbonyl (C=O) groups excluding carboxylic acids is 11. The van der Waals surface area contributed by atoms with Crippen molar-refractivity contribution in [2.45, 2.75) is 161 Å². The lowest BCUT2D eigenvalue weighted by atomic mass is 9.97. The molecule has 528 valence electrons. The average molecular weight is 1350 g/mol. The third kappa shape index (κ3) is 26.2. The first kappa shape index (κ1) is 77.0. The Labute approximate surface area is 559 Å². The Balaban J connectivity index is 1.24. The molecule has 35 nitrogen and oxygen atoms in total. The molecule has 0 saturated heterocycles. The van der Waals surface area contributed by atoms with Crippen LogP contribution in [0.4, 0.5) is 0 Å². The number of guanidine groups is 1. The summed E-state index contributed by atoms with van der Waals surface area (Å²) in [6.07, 6.45) is 10.5. The van der Waals surface area contributed by atoms with Crippen molar-refractivity contribution in [2.75, 3.05) is 26.2 Å². The summed E-state index contributed by atoms with van der Waals surface area (Å²) < 4.78 is 0. The maximum Gasteiger partial charge on any atom is 0.325 e. The molecule has 97 heavy (non-hydrogen) atoms. The number of aliphatic carboxylic acids is 1. The lowest BCUT2D eigenvalue weighted by Crippen LogP contribution is -2.60. The van der Waals surface area contributed by atoms with Gasteiger partial charge >= 0.3 is 5.97 Å². The van der Waals surface area contributed by atoms with E-state index in [1.807, 2.05) is 18.2 Å². The summed E-state index contributed by atoms with van der Waals surface area (Å²) in [4.78, 5) is 191. The molecule has 0 radical (unpaired) electrons. The zero-order chi connectivity index (χ0) is 71.3. The van der Waals surface area contributed by atoms with Crippen LogP contribution in [0.5, 0.6) is 0 Å². The van der Waals surface area contributed by atoms with E-state index in [2.05, 4.69) is 98.4 Å². The van der Waals surface area contributed by atoms with Crippen LogP contribution in [0.2, 0.25) is 0 Å². The van der Waals surface area contributed by atoms with E-state index < -0.39 is 151 Å². The van der Waals surface area contributed by atoms with Gasteiger partial charge in [-0.1, -0.05) is 66.2 Å². The molecule has 0 fully saturated rings. The van der Waals surface area contributed by atoms with E-state index in [-0.39, 0.29) is 75.7 Å². The molecule has 10 atom stereocenters. The number of aliphatic imine (C=N–C) groups is 1. The molecule has 0 bridgehead atoms. The fourth-order valence-electron chi connectivity index (χ4n) is 10.0. The van der Waals surface area contributed by atoms with Crippen molar-refractivity contribution in [2.24, 2.45) is 39.9 Å². The quantitative estimate of drug-likeness (QED) is 0.0102. The van der Waals surface area contributed by atoms with Crippen LogP contribution >= 0.6 is 0 Å². The monoisotopic (exact) mass is 1350 g/mol. The van der Waals surface area contributed by atoms with E-state index in [0.29, 0.717) is 29.1 Å². The first-order valence-electron chi connectivity index (χ1n) is 31.8. The van der Waals surface area contributed by atoms with Crippen LogP contribution in [0.1, 0.15) is 103 Å². The number of aromatic nitrogens is 7. The van der Waals surface area contributed by atoms with Gasteiger partial charge in [-0.05, 0) is 62.0 Å². The Morgan fingerprint density at radius 2 is 0.959 bits per heavy atom. The van der Waals surface area contributed by atoms with E-state index in [0.717, 1.165) is 10.9 Å². The number of benzene rings is 1. The minimum absolute atomic E-state index is 0.0389. The third-order valence-corrected chi connectivity index (χ3v) is 15.4. The first-order chi connectivity index (χ1) is 46.1. The Kier molecular flexibility index (Phi) is 30.6. The second kappa shape index (κ2) is 38.6.